The average molecular weight is 443 g/mol. The Morgan fingerprint density at radius 2 is 1.82 bits per heavy atom. The van der Waals surface area contributed by atoms with E-state index in [0.717, 1.165) is 5.56 Å². The lowest BCUT2D eigenvalue weighted by Crippen LogP contribution is -2.13. The van der Waals surface area contributed by atoms with Crippen molar-refractivity contribution in [3.63, 3.8) is 0 Å². The maximum absolute atomic E-state index is 12.5. The molecule has 33 heavy (non-hydrogen) atoms. The van der Waals surface area contributed by atoms with Crippen LogP contribution in [0.1, 0.15) is 21.5 Å². The molecule has 0 spiro atoms. The van der Waals surface area contributed by atoms with Gasteiger partial charge in [0, 0.05) is 23.4 Å². The molecule has 3 aromatic rings. The van der Waals surface area contributed by atoms with E-state index in [2.05, 4.69) is 5.32 Å². The van der Waals surface area contributed by atoms with Crippen molar-refractivity contribution in [2.24, 2.45) is 0 Å². The van der Waals surface area contributed by atoms with Crippen molar-refractivity contribution in [1.82, 2.24) is 0 Å². The summed E-state index contributed by atoms with van der Waals surface area (Å²) in [5.74, 6) is -1.34. The zero-order valence-electron chi connectivity index (χ0n) is 17.1. The van der Waals surface area contributed by atoms with Crippen LogP contribution in [0, 0.1) is 21.4 Å². The number of carboxylic acid groups (broad SMARTS) is 1. The van der Waals surface area contributed by atoms with Crippen LogP contribution in [0.3, 0.4) is 0 Å². The molecule has 2 N–H and O–H groups in total. The molecule has 0 atom stereocenters. The van der Waals surface area contributed by atoms with E-state index in [1.54, 1.807) is 36.4 Å². The number of carbonyl (C=O) groups excluding carboxylic acids is 1. The lowest BCUT2D eigenvalue weighted by atomic mass is 10.1. The number of para-hydroxylation sites is 1. The summed E-state index contributed by atoms with van der Waals surface area (Å²) in [5.41, 5.74) is 1.15. The van der Waals surface area contributed by atoms with Crippen LogP contribution in [0.4, 0.5) is 11.4 Å². The summed E-state index contributed by atoms with van der Waals surface area (Å²) >= 11 is 0. The van der Waals surface area contributed by atoms with E-state index in [-0.39, 0.29) is 29.1 Å². The number of non-ortho nitro benzene ring substituents is 1. The smallest absolute Gasteiger partial charge is 0.335 e. The molecule has 0 bridgehead atoms. The Balaban J connectivity index is 1.76. The van der Waals surface area contributed by atoms with Crippen molar-refractivity contribution in [2.45, 2.75) is 6.61 Å². The van der Waals surface area contributed by atoms with E-state index in [1.165, 1.54) is 42.5 Å². The summed E-state index contributed by atoms with van der Waals surface area (Å²) in [6.07, 6.45) is 1.36. The molecule has 0 aliphatic carbocycles. The molecule has 3 rings (SSSR count). The molecule has 0 radical (unpaired) electrons. The van der Waals surface area contributed by atoms with Crippen LogP contribution in [0.5, 0.6) is 5.75 Å². The predicted molar refractivity (Wildman–Crippen MR) is 119 cm³/mol. The molecular weight excluding hydrogens is 426 g/mol. The standard InChI is InChI=1S/C24H17N3O6/c25-14-19(23(28)26-20-5-3-6-21(13-20)27(31)32)12-18-4-1-2-7-22(18)33-15-16-8-10-17(11-9-16)24(29)30/h1-13H,15H2,(H,26,28)(H,29,30)/b19-12+. The molecule has 0 aromatic heterocycles. The highest BCUT2D eigenvalue weighted by atomic mass is 16.6. The molecule has 0 saturated carbocycles. The van der Waals surface area contributed by atoms with Gasteiger partial charge >= 0.3 is 5.97 Å². The third kappa shape index (κ3) is 6.02. The van der Waals surface area contributed by atoms with Gasteiger partial charge in [-0.15, -0.1) is 0 Å². The molecule has 0 fully saturated rings. The number of nitrogens with one attached hydrogen (secondary N) is 1. The zero-order chi connectivity index (χ0) is 23.8. The van der Waals surface area contributed by atoms with Gasteiger partial charge in [0.15, 0.2) is 0 Å². The van der Waals surface area contributed by atoms with Crippen LogP contribution in [0.15, 0.2) is 78.4 Å². The molecule has 0 aliphatic heterocycles. The summed E-state index contributed by atoms with van der Waals surface area (Å²) < 4.78 is 5.80. The van der Waals surface area contributed by atoms with Crippen molar-refractivity contribution in [3.05, 3.63) is 105 Å². The first-order valence-electron chi connectivity index (χ1n) is 9.59. The second-order valence-electron chi connectivity index (χ2n) is 6.76. The second-order valence-corrected chi connectivity index (χ2v) is 6.76. The van der Waals surface area contributed by atoms with Crippen LogP contribution in [-0.4, -0.2) is 21.9 Å². The van der Waals surface area contributed by atoms with Crippen LogP contribution in [0.25, 0.3) is 6.08 Å². The highest BCUT2D eigenvalue weighted by Gasteiger charge is 2.13. The molecule has 9 nitrogen and oxygen atoms in total. The van der Waals surface area contributed by atoms with E-state index >= 15 is 0 Å². The molecule has 0 unspecified atom stereocenters. The van der Waals surface area contributed by atoms with Gasteiger partial charge in [-0.05, 0) is 35.9 Å². The summed E-state index contributed by atoms with van der Waals surface area (Å²) in [4.78, 5) is 33.8. The van der Waals surface area contributed by atoms with Crippen molar-refractivity contribution in [3.8, 4) is 11.8 Å². The minimum Gasteiger partial charge on any atom is -0.488 e. The van der Waals surface area contributed by atoms with Gasteiger partial charge < -0.3 is 15.2 Å². The Kier molecular flexibility index (Phi) is 7.13. The molecule has 1 amide bonds. The number of nitrogens with zero attached hydrogens (tertiary/aromatic N) is 2. The fourth-order valence-electron chi connectivity index (χ4n) is 2.84. The fraction of sp³-hybridized carbons (Fsp3) is 0.0417. The van der Waals surface area contributed by atoms with Crippen molar-refractivity contribution >= 4 is 29.3 Å². The quantitative estimate of drug-likeness (QED) is 0.227. The Hall–Kier alpha value is -4.97. The van der Waals surface area contributed by atoms with Gasteiger partial charge in [0.25, 0.3) is 11.6 Å². The van der Waals surface area contributed by atoms with Crippen LogP contribution in [-0.2, 0) is 11.4 Å². The first kappa shape index (κ1) is 22.7. The number of amides is 1. The monoisotopic (exact) mass is 443 g/mol. The highest BCUT2D eigenvalue weighted by Crippen LogP contribution is 2.23. The lowest BCUT2D eigenvalue weighted by molar-refractivity contribution is -0.384. The summed E-state index contributed by atoms with van der Waals surface area (Å²) in [7, 11) is 0. The minimum atomic E-state index is -1.02. The maximum atomic E-state index is 12.5. The number of hydrogen-bond acceptors (Lipinski definition) is 6. The zero-order valence-corrected chi connectivity index (χ0v) is 17.1. The third-order valence-electron chi connectivity index (χ3n) is 4.49. The SMILES string of the molecule is N#C/C(=C\c1ccccc1OCc1ccc(C(=O)O)cc1)C(=O)Nc1cccc([N+](=O)[O-])c1. The number of nitro benzene ring substituents is 1. The Morgan fingerprint density at radius 3 is 2.48 bits per heavy atom. The highest BCUT2D eigenvalue weighted by molar-refractivity contribution is 6.09. The molecular formula is C24H17N3O6. The molecule has 0 aliphatic rings. The first-order valence-corrected chi connectivity index (χ1v) is 9.59. The van der Waals surface area contributed by atoms with E-state index < -0.39 is 16.8 Å². The molecule has 9 heteroatoms. The number of hydrogen-bond donors (Lipinski definition) is 2. The van der Waals surface area contributed by atoms with Crippen LogP contribution >= 0.6 is 0 Å². The fourth-order valence-corrected chi connectivity index (χ4v) is 2.84. The average Bonchev–Trinajstić information content (AvgIpc) is 2.82. The number of anilines is 1. The van der Waals surface area contributed by atoms with Crippen molar-refractivity contribution < 1.29 is 24.4 Å². The van der Waals surface area contributed by atoms with E-state index in [1.807, 2.05) is 6.07 Å². The van der Waals surface area contributed by atoms with Gasteiger partial charge in [-0.25, -0.2) is 4.79 Å². The number of rotatable bonds is 8. The van der Waals surface area contributed by atoms with Gasteiger partial charge in [-0.1, -0.05) is 36.4 Å². The summed E-state index contributed by atoms with van der Waals surface area (Å²) in [6.45, 7) is 0.145. The van der Waals surface area contributed by atoms with E-state index in [9.17, 15) is 25.0 Å². The number of carboxylic acids is 1. The Morgan fingerprint density at radius 1 is 1.09 bits per heavy atom. The second kappa shape index (κ2) is 10.4. The Labute approximate surface area is 188 Å². The summed E-state index contributed by atoms with van der Waals surface area (Å²) in [5, 5.41) is 31.8. The van der Waals surface area contributed by atoms with Crippen molar-refractivity contribution in [2.75, 3.05) is 5.32 Å². The molecule has 3 aromatic carbocycles. The molecule has 0 saturated heterocycles. The van der Waals surface area contributed by atoms with E-state index in [0.29, 0.717) is 11.3 Å². The lowest BCUT2D eigenvalue weighted by Gasteiger charge is -2.10. The normalized spacial score (nSPS) is 10.7. The van der Waals surface area contributed by atoms with Crippen LogP contribution in [0.2, 0.25) is 0 Å². The summed E-state index contributed by atoms with van der Waals surface area (Å²) in [6, 6.07) is 20.2. The van der Waals surface area contributed by atoms with Crippen molar-refractivity contribution in [1.29, 1.82) is 5.26 Å². The maximum Gasteiger partial charge on any atom is 0.335 e. The first-order chi connectivity index (χ1) is 15.9. The molecule has 164 valence electrons. The van der Waals surface area contributed by atoms with Gasteiger partial charge in [-0.2, -0.15) is 5.26 Å². The number of ether oxygens (including phenoxy) is 1. The number of nitriles is 1. The Bertz CT molecular complexity index is 1280. The largest absolute Gasteiger partial charge is 0.488 e. The number of nitro groups is 1. The van der Waals surface area contributed by atoms with Crippen LogP contribution < -0.4 is 10.1 Å². The molecule has 0 heterocycles. The van der Waals surface area contributed by atoms with Gasteiger partial charge in [0.05, 0.1) is 10.5 Å². The minimum absolute atomic E-state index is 0.145. The number of aromatic carboxylic acids is 1. The predicted octanol–water partition coefficient (Wildman–Crippen LogP) is 4.42. The van der Waals surface area contributed by atoms with Gasteiger partial charge in [-0.3, -0.25) is 14.9 Å². The number of benzene rings is 3. The van der Waals surface area contributed by atoms with E-state index in [4.69, 9.17) is 9.84 Å². The third-order valence-corrected chi connectivity index (χ3v) is 4.49. The number of carbonyl (C=O) groups is 2. The van der Waals surface area contributed by atoms with Gasteiger partial charge in [0.2, 0.25) is 0 Å². The topological polar surface area (TPSA) is 143 Å². The van der Waals surface area contributed by atoms with Gasteiger partial charge in [0.1, 0.15) is 24.0 Å².